The third-order valence-corrected chi connectivity index (χ3v) is 3.20. The van der Waals surface area contributed by atoms with Gasteiger partial charge in [0.15, 0.2) is 0 Å². The minimum atomic E-state index is -0.558. The van der Waals surface area contributed by atoms with Crippen LogP contribution in [0.2, 0.25) is 0 Å². The maximum atomic E-state index is 12.0. The zero-order valence-corrected chi connectivity index (χ0v) is 10.8. The summed E-state index contributed by atoms with van der Waals surface area (Å²) >= 11 is 0. The van der Waals surface area contributed by atoms with Crippen molar-refractivity contribution in [1.82, 2.24) is 5.32 Å². The fourth-order valence-corrected chi connectivity index (χ4v) is 1.68. The minimum absolute atomic E-state index is 0.0155. The Hall–Kier alpha value is -0.610. The first kappa shape index (κ1) is 13.5. The van der Waals surface area contributed by atoms with Crippen molar-refractivity contribution < 1.29 is 9.53 Å². The molecule has 0 spiro atoms. The van der Waals surface area contributed by atoms with Crippen LogP contribution in [0.5, 0.6) is 0 Å². The molecule has 0 aromatic carbocycles. The fraction of sp³-hybridized carbons (Fsp3) is 0.917. The molecule has 1 saturated heterocycles. The Balaban J connectivity index is 2.41. The Bertz CT molecular complexity index is 260. The van der Waals surface area contributed by atoms with Crippen LogP contribution in [0.3, 0.4) is 0 Å². The normalized spacial score (nSPS) is 30.4. The Labute approximate surface area is 97.9 Å². The summed E-state index contributed by atoms with van der Waals surface area (Å²) in [6.07, 6.45) is 0.963. The monoisotopic (exact) mass is 228 g/mol. The molecule has 0 aliphatic carbocycles. The molecule has 4 nitrogen and oxygen atoms in total. The molecule has 1 amide bonds. The Morgan fingerprint density at radius 1 is 1.56 bits per heavy atom. The molecule has 1 rings (SSSR count). The van der Waals surface area contributed by atoms with Crippen molar-refractivity contribution in [1.29, 1.82) is 0 Å². The smallest absolute Gasteiger partial charge is 0.229 e. The van der Waals surface area contributed by atoms with E-state index >= 15 is 0 Å². The van der Waals surface area contributed by atoms with Gasteiger partial charge < -0.3 is 15.8 Å². The summed E-state index contributed by atoms with van der Waals surface area (Å²) in [5.74, 6) is 0.0155. The van der Waals surface area contributed by atoms with Crippen LogP contribution < -0.4 is 11.1 Å². The van der Waals surface area contributed by atoms with E-state index in [-0.39, 0.29) is 17.4 Å². The van der Waals surface area contributed by atoms with Crippen molar-refractivity contribution in [2.45, 2.75) is 40.2 Å². The number of hydrogen-bond donors (Lipinski definition) is 2. The zero-order chi connectivity index (χ0) is 12.4. The number of hydrogen-bond acceptors (Lipinski definition) is 3. The van der Waals surface area contributed by atoms with Gasteiger partial charge in [0.25, 0.3) is 0 Å². The maximum absolute atomic E-state index is 12.0. The summed E-state index contributed by atoms with van der Waals surface area (Å²) in [7, 11) is 0. The van der Waals surface area contributed by atoms with E-state index in [2.05, 4.69) is 26.1 Å². The van der Waals surface area contributed by atoms with E-state index in [4.69, 9.17) is 10.5 Å². The number of nitrogens with two attached hydrogens (primary N) is 1. The molecule has 1 heterocycles. The summed E-state index contributed by atoms with van der Waals surface area (Å²) in [4.78, 5) is 12.0. The lowest BCUT2D eigenvalue weighted by atomic mass is 9.84. The summed E-state index contributed by atoms with van der Waals surface area (Å²) in [6.45, 7) is 9.95. The van der Waals surface area contributed by atoms with Gasteiger partial charge in [0.2, 0.25) is 5.91 Å². The van der Waals surface area contributed by atoms with E-state index < -0.39 is 5.41 Å². The molecule has 3 N–H and O–H groups in total. The van der Waals surface area contributed by atoms with Crippen LogP contribution in [-0.4, -0.2) is 31.7 Å². The zero-order valence-electron chi connectivity index (χ0n) is 10.8. The molecule has 4 heteroatoms. The van der Waals surface area contributed by atoms with E-state index in [0.29, 0.717) is 19.8 Å². The Kier molecular flexibility index (Phi) is 3.97. The second-order valence-electron chi connectivity index (χ2n) is 6.11. The van der Waals surface area contributed by atoms with Crippen LogP contribution in [0.4, 0.5) is 0 Å². The predicted octanol–water partition coefficient (Wildman–Crippen LogP) is 0.903. The highest BCUT2D eigenvalue weighted by atomic mass is 16.5. The predicted molar refractivity (Wildman–Crippen MR) is 64.0 cm³/mol. The Morgan fingerprint density at radius 2 is 2.19 bits per heavy atom. The van der Waals surface area contributed by atoms with Crippen LogP contribution in [0.25, 0.3) is 0 Å². The van der Waals surface area contributed by atoms with Gasteiger partial charge in [-0.25, -0.2) is 0 Å². The molecule has 1 aliphatic heterocycles. The highest BCUT2D eigenvalue weighted by Gasteiger charge is 2.44. The second-order valence-corrected chi connectivity index (χ2v) is 6.11. The van der Waals surface area contributed by atoms with Crippen LogP contribution in [-0.2, 0) is 9.53 Å². The summed E-state index contributed by atoms with van der Waals surface area (Å²) in [5.41, 5.74) is 5.57. The first-order valence-electron chi connectivity index (χ1n) is 5.87. The molecule has 0 aromatic heterocycles. The highest BCUT2D eigenvalue weighted by molar-refractivity contribution is 5.83. The van der Waals surface area contributed by atoms with Crippen molar-refractivity contribution in [3.63, 3.8) is 0 Å². The maximum Gasteiger partial charge on any atom is 0.229 e. The van der Waals surface area contributed by atoms with Crippen molar-refractivity contribution >= 4 is 5.91 Å². The van der Waals surface area contributed by atoms with Gasteiger partial charge in [-0.15, -0.1) is 0 Å². The van der Waals surface area contributed by atoms with Crippen molar-refractivity contribution in [2.75, 3.05) is 19.8 Å². The second kappa shape index (κ2) is 4.72. The molecule has 0 bridgehead atoms. The van der Waals surface area contributed by atoms with E-state index in [0.717, 1.165) is 6.42 Å². The average Bonchev–Trinajstić information content (AvgIpc) is 2.46. The number of carbonyl (C=O) groups is 1. The SMILES string of the molecule is CC(C)(C)CCNC(=O)C1(C)COCC1N. The summed E-state index contributed by atoms with van der Waals surface area (Å²) in [5, 5.41) is 2.95. The summed E-state index contributed by atoms with van der Waals surface area (Å²) < 4.78 is 5.25. The van der Waals surface area contributed by atoms with Crippen molar-refractivity contribution in [3.05, 3.63) is 0 Å². The molecule has 2 atom stereocenters. The first-order chi connectivity index (χ1) is 7.26. The van der Waals surface area contributed by atoms with E-state index in [1.165, 1.54) is 0 Å². The topological polar surface area (TPSA) is 64.3 Å². The number of amides is 1. The van der Waals surface area contributed by atoms with Crippen LogP contribution >= 0.6 is 0 Å². The first-order valence-corrected chi connectivity index (χ1v) is 5.87. The largest absolute Gasteiger partial charge is 0.379 e. The van der Waals surface area contributed by atoms with Gasteiger partial charge in [0.05, 0.1) is 18.6 Å². The van der Waals surface area contributed by atoms with Gasteiger partial charge in [0.1, 0.15) is 0 Å². The lowest BCUT2D eigenvalue weighted by molar-refractivity contribution is -0.130. The van der Waals surface area contributed by atoms with Gasteiger partial charge in [-0.2, -0.15) is 0 Å². The van der Waals surface area contributed by atoms with Crippen LogP contribution in [0, 0.1) is 10.8 Å². The molecule has 0 radical (unpaired) electrons. The molecular formula is C12H24N2O2. The molecule has 2 unspecified atom stereocenters. The standard InChI is InChI=1S/C12H24N2O2/c1-11(2,3)5-6-14-10(15)12(4)8-16-7-9(12)13/h9H,5-8,13H2,1-4H3,(H,14,15). The van der Waals surface area contributed by atoms with Gasteiger partial charge in [0, 0.05) is 12.6 Å². The lowest BCUT2D eigenvalue weighted by Crippen LogP contribution is -2.50. The number of nitrogens with one attached hydrogen (secondary N) is 1. The number of carbonyl (C=O) groups excluding carboxylic acids is 1. The van der Waals surface area contributed by atoms with Crippen LogP contribution in [0.1, 0.15) is 34.1 Å². The van der Waals surface area contributed by atoms with E-state index in [1.54, 1.807) is 0 Å². The third-order valence-electron chi connectivity index (χ3n) is 3.20. The molecule has 1 fully saturated rings. The molecule has 0 saturated carbocycles. The van der Waals surface area contributed by atoms with Crippen molar-refractivity contribution in [2.24, 2.45) is 16.6 Å². The molecule has 0 aromatic rings. The molecule has 94 valence electrons. The summed E-state index contributed by atoms with van der Waals surface area (Å²) in [6, 6.07) is -0.192. The Morgan fingerprint density at radius 3 is 2.62 bits per heavy atom. The molecule has 16 heavy (non-hydrogen) atoms. The van der Waals surface area contributed by atoms with Gasteiger partial charge in [-0.1, -0.05) is 20.8 Å². The van der Waals surface area contributed by atoms with Gasteiger partial charge >= 0.3 is 0 Å². The number of rotatable bonds is 3. The quantitative estimate of drug-likeness (QED) is 0.754. The van der Waals surface area contributed by atoms with Crippen LogP contribution in [0.15, 0.2) is 0 Å². The molecular weight excluding hydrogens is 204 g/mol. The molecule has 1 aliphatic rings. The highest BCUT2D eigenvalue weighted by Crippen LogP contribution is 2.27. The fourth-order valence-electron chi connectivity index (χ4n) is 1.68. The van der Waals surface area contributed by atoms with E-state index in [1.807, 2.05) is 6.92 Å². The third kappa shape index (κ3) is 3.19. The van der Waals surface area contributed by atoms with E-state index in [9.17, 15) is 4.79 Å². The lowest BCUT2D eigenvalue weighted by Gasteiger charge is -2.26. The van der Waals surface area contributed by atoms with Gasteiger partial charge in [-0.05, 0) is 18.8 Å². The van der Waals surface area contributed by atoms with Crippen molar-refractivity contribution in [3.8, 4) is 0 Å². The van der Waals surface area contributed by atoms with Gasteiger partial charge in [-0.3, -0.25) is 4.79 Å². The minimum Gasteiger partial charge on any atom is -0.379 e. The number of ether oxygens (including phenoxy) is 1. The average molecular weight is 228 g/mol.